The van der Waals surface area contributed by atoms with E-state index in [1.807, 2.05) is 0 Å². The Morgan fingerprint density at radius 1 is 1.00 bits per heavy atom. The molecule has 0 saturated carbocycles. The molecule has 0 aromatic heterocycles. The molecule has 0 fully saturated rings. The number of hydrogen-bond donors (Lipinski definition) is 0. The van der Waals surface area contributed by atoms with Crippen LogP contribution in [0.15, 0.2) is 18.2 Å². The third kappa shape index (κ3) is 2.13. The Balaban J connectivity index is 3.34. The van der Waals surface area contributed by atoms with E-state index in [0.29, 0.717) is 23.0 Å². The van der Waals surface area contributed by atoms with Crippen LogP contribution in [0.4, 0.5) is 0 Å². The first-order valence-electron chi connectivity index (χ1n) is 4.16. The lowest BCUT2D eigenvalue weighted by Gasteiger charge is -2.01. The van der Waals surface area contributed by atoms with E-state index >= 15 is 0 Å². The van der Waals surface area contributed by atoms with Crippen molar-refractivity contribution in [2.24, 2.45) is 0 Å². The molecule has 0 N–H and O–H groups in total. The summed E-state index contributed by atoms with van der Waals surface area (Å²) in [6.45, 7) is 2.79. The smallest absolute Gasteiger partial charge is 0.159 e. The molecule has 1 rings (SSSR count). The summed E-state index contributed by atoms with van der Waals surface area (Å²) >= 11 is 0. The van der Waals surface area contributed by atoms with Crippen LogP contribution in [-0.4, -0.2) is 17.9 Å². The number of benzene rings is 1. The first kappa shape index (κ1) is 10.3. The molecule has 0 bridgehead atoms. The van der Waals surface area contributed by atoms with E-state index in [-0.39, 0.29) is 11.6 Å². The van der Waals surface area contributed by atoms with Gasteiger partial charge in [-0.2, -0.15) is 0 Å². The Morgan fingerprint density at radius 3 is 1.71 bits per heavy atom. The monoisotopic (exact) mass is 190 g/mol. The fourth-order valence-corrected chi connectivity index (χ4v) is 1.13. The Morgan fingerprint density at radius 2 is 1.43 bits per heavy atom. The van der Waals surface area contributed by atoms with Crippen molar-refractivity contribution in [1.29, 1.82) is 0 Å². The first-order valence-corrected chi connectivity index (χ1v) is 4.16. The highest BCUT2D eigenvalue weighted by Gasteiger charge is 2.06. The molecule has 0 heterocycles. The van der Waals surface area contributed by atoms with E-state index in [0.717, 1.165) is 0 Å². The predicted octanol–water partition coefficient (Wildman–Crippen LogP) is 1.90. The molecule has 72 valence electrons. The molecular formula is C11H10O3. The molecular weight excluding hydrogens is 180 g/mol. The zero-order chi connectivity index (χ0) is 10.7. The van der Waals surface area contributed by atoms with Gasteiger partial charge in [0, 0.05) is 16.7 Å². The van der Waals surface area contributed by atoms with Gasteiger partial charge in [-0.3, -0.25) is 14.4 Å². The molecule has 0 saturated heterocycles. The summed E-state index contributed by atoms with van der Waals surface area (Å²) in [5, 5.41) is 0. The van der Waals surface area contributed by atoms with Gasteiger partial charge in [0.25, 0.3) is 0 Å². The summed E-state index contributed by atoms with van der Waals surface area (Å²) < 4.78 is 0. The predicted molar refractivity (Wildman–Crippen MR) is 51.8 cm³/mol. The quantitative estimate of drug-likeness (QED) is 0.540. The molecule has 1 aromatic rings. The van der Waals surface area contributed by atoms with Crippen molar-refractivity contribution in [2.45, 2.75) is 13.8 Å². The third-order valence-corrected chi connectivity index (χ3v) is 1.90. The van der Waals surface area contributed by atoms with E-state index < -0.39 is 0 Å². The van der Waals surface area contributed by atoms with Crippen LogP contribution in [0.2, 0.25) is 0 Å². The van der Waals surface area contributed by atoms with Crippen molar-refractivity contribution >= 4 is 17.9 Å². The molecule has 0 radical (unpaired) electrons. The molecule has 0 spiro atoms. The molecule has 14 heavy (non-hydrogen) atoms. The largest absolute Gasteiger partial charge is 0.298 e. The number of Topliss-reactive ketones (excluding diaryl/α,β-unsaturated/α-hetero) is 2. The van der Waals surface area contributed by atoms with Gasteiger partial charge in [0.2, 0.25) is 0 Å². The van der Waals surface area contributed by atoms with Crippen LogP contribution < -0.4 is 0 Å². The summed E-state index contributed by atoms with van der Waals surface area (Å²) in [6.07, 6.45) is 0.624. The van der Waals surface area contributed by atoms with Gasteiger partial charge in [0.15, 0.2) is 11.6 Å². The number of ketones is 2. The van der Waals surface area contributed by atoms with E-state index in [1.54, 1.807) is 0 Å². The maximum atomic E-state index is 11.1. The summed E-state index contributed by atoms with van der Waals surface area (Å²) in [7, 11) is 0. The number of aldehydes is 1. The Bertz CT molecular complexity index is 373. The van der Waals surface area contributed by atoms with Gasteiger partial charge in [-0.1, -0.05) is 0 Å². The van der Waals surface area contributed by atoms with Crippen LogP contribution in [0.25, 0.3) is 0 Å². The molecule has 3 nitrogen and oxygen atoms in total. The first-order chi connectivity index (χ1) is 6.54. The van der Waals surface area contributed by atoms with Gasteiger partial charge < -0.3 is 0 Å². The minimum absolute atomic E-state index is 0.156. The molecule has 0 aliphatic carbocycles. The third-order valence-electron chi connectivity index (χ3n) is 1.90. The number of carbonyl (C=O) groups is 3. The van der Waals surface area contributed by atoms with Gasteiger partial charge in [0.1, 0.15) is 6.29 Å². The molecule has 0 aliphatic rings. The average Bonchev–Trinajstić information content (AvgIpc) is 2.16. The van der Waals surface area contributed by atoms with Gasteiger partial charge in [-0.05, 0) is 32.0 Å². The Hall–Kier alpha value is -1.77. The van der Waals surface area contributed by atoms with Gasteiger partial charge >= 0.3 is 0 Å². The molecule has 3 heteroatoms. The highest BCUT2D eigenvalue weighted by molar-refractivity contribution is 6.01. The van der Waals surface area contributed by atoms with Crippen molar-refractivity contribution in [3.05, 3.63) is 34.9 Å². The van der Waals surface area contributed by atoms with Crippen molar-refractivity contribution < 1.29 is 14.4 Å². The molecule has 0 aliphatic heterocycles. The number of rotatable bonds is 3. The fraction of sp³-hybridized carbons (Fsp3) is 0.182. The van der Waals surface area contributed by atoms with Crippen molar-refractivity contribution in [1.82, 2.24) is 0 Å². The molecule has 0 atom stereocenters. The second-order valence-corrected chi connectivity index (χ2v) is 3.07. The Kier molecular flexibility index (Phi) is 2.92. The second kappa shape index (κ2) is 3.96. The van der Waals surface area contributed by atoms with Crippen LogP contribution in [0, 0.1) is 0 Å². The minimum Gasteiger partial charge on any atom is -0.298 e. The van der Waals surface area contributed by atoms with Gasteiger partial charge in [-0.15, -0.1) is 0 Å². The summed E-state index contributed by atoms with van der Waals surface area (Å²) in [5.41, 5.74) is 1.13. The standard InChI is InChI=1S/C11H10O3/c1-7(13)10-3-9(6-12)4-11(5-10)8(2)14/h3-6H,1-2H3. The zero-order valence-electron chi connectivity index (χ0n) is 8.03. The summed E-state index contributed by atoms with van der Waals surface area (Å²) in [5.74, 6) is -0.313. The summed E-state index contributed by atoms with van der Waals surface area (Å²) in [4.78, 5) is 32.7. The number of hydrogen-bond acceptors (Lipinski definition) is 3. The SMILES string of the molecule is CC(=O)c1cc(C=O)cc(C(C)=O)c1. The van der Waals surface area contributed by atoms with Crippen LogP contribution in [0.5, 0.6) is 0 Å². The molecule has 0 unspecified atom stereocenters. The van der Waals surface area contributed by atoms with Crippen molar-refractivity contribution in [2.75, 3.05) is 0 Å². The minimum atomic E-state index is -0.156. The maximum absolute atomic E-state index is 11.1. The highest BCUT2D eigenvalue weighted by Crippen LogP contribution is 2.10. The maximum Gasteiger partial charge on any atom is 0.159 e. The van der Waals surface area contributed by atoms with Crippen LogP contribution in [0.3, 0.4) is 0 Å². The number of carbonyl (C=O) groups excluding carboxylic acids is 3. The van der Waals surface area contributed by atoms with Gasteiger partial charge in [0.05, 0.1) is 0 Å². The lowest BCUT2D eigenvalue weighted by atomic mass is 10.0. The van der Waals surface area contributed by atoms with Crippen LogP contribution >= 0.6 is 0 Å². The normalized spacial score (nSPS) is 9.57. The van der Waals surface area contributed by atoms with E-state index in [9.17, 15) is 14.4 Å². The second-order valence-electron chi connectivity index (χ2n) is 3.07. The lowest BCUT2D eigenvalue weighted by molar-refractivity contribution is 0.101. The van der Waals surface area contributed by atoms with Crippen LogP contribution in [-0.2, 0) is 0 Å². The highest BCUT2D eigenvalue weighted by atomic mass is 16.1. The van der Waals surface area contributed by atoms with E-state index in [4.69, 9.17) is 0 Å². The van der Waals surface area contributed by atoms with Crippen molar-refractivity contribution in [3.8, 4) is 0 Å². The van der Waals surface area contributed by atoms with Crippen LogP contribution in [0.1, 0.15) is 44.9 Å². The fourth-order valence-electron chi connectivity index (χ4n) is 1.13. The van der Waals surface area contributed by atoms with Gasteiger partial charge in [-0.25, -0.2) is 0 Å². The molecule has 0 amide bonds. The molecule has 1 aromatic carbocycles. The Labute approximate surface area is 81.7 Å². The topological polar surface area (TPSA) is 51.2 Å². The van der Waals surface area contributed by atoms with E-state index in [1.165, 1.54) is 32.0 Å². The van der Waals surface area contributed by atoms with E-state index in [2.05, 4.69) is 0 Å². The lowest BCUT2D eigenvalue weighted by Crippen LogP contribution is -2.00. The van der Waals surface area contributed by atoms with Crippen molar-refractivity contribution in [3.63, 3.8) is 0 Å². The summed E-state index contributed by atoms with van der Waals surface area (Å²) in [6, 6.07) is 4.45. The zero-order valence-corrected chi connectivity index (χ0v) is 8.03. The average molecular weight is 190 g/mol.